The van der Waals surface area contributed by atoms with E-state index in [4.69, 9.17) is 5.11 Å². The number of rotatable bonds is 15. The summed E-state index contributed by atoms with van der Waals surface area (Å²) < 4.78 is 0. The molecule has 0 saturated heterocycles. The van der Waals surface area contributed by atoms with Crippen molar-refractivity contribution in [2.45, 2.75) is 74.5 Å². The minimum Gasteiger partial charge on any atom is -0.507 e. The first kappa shape index (κ1) is 26.7. The number of hydrogen-bond donors (Lipinski definition) is 3. The van der Waals surface area contributed by atoms with E-state index in [2.05, 4.69) is 30.3 Å². The number of aliphatic hydroxyl groups excluding tert-OH is 1. The van der Waals surface area contributed by atoms with Crippen molar-refractivity contribution in [1.29, 1.82) is 0 Å². The summed E-state index contributed by atoms with van der Waals surface area (Å²) in [5.41, 5.74) is 1.62. The highest BCUT2D eigenvalue weighted by molar-refractivity contribution is 8.00. The first-order chi connectivity index (χ1) is 15.9. The molecule has 0 spiro atoms. The van der Waals surface area contributed by atoms with Crippen LogP contribution in [-0.2, 0) is 11.2 Å². The monoisotopic (exact) mass is 470 g/mol. The van der Waals surface area contributed by atoms with Gasteiger partial charge in [0.25, 0.3) is 0 Å². The van der Waals surface area contributed by atoms with Crippen molar-refractivity contribution in [3.8, 4) is 5.75 Å². The molecule has 2 rings (SSSR count). The zero-order valence-corrected chi connectivity index (χ0v) is 20.0. The second-order valence-corrected chi connectivity index (χ2v) is 9.44. The molecule has 2 aromatic rings. The van der Waals surface area contributed by atoms with Crippen LogP contribution in [-0.4, -0.2) is 38.4 Å². The molecule has 2 atom stereocenters. The van der Waals surface area contributed by atoms with Crippen LogP contribution >= 0.6 is 11.8 Å². The van der Waals surface area contributed by atoms with E-state index in [0.717, 1.165) is 37.0 Å². The van der Waals surface area contributed by atoms with Crippen LogP contribution in [0.25, 0.3) is 0 Å². The lowest BCUT2D eigenvalue weighted by atomic mass is 10.1. The summed E-state index contributed by atoms with van der Waals surface area (Å²) in [6, 6.07) is 15.3. The number of ketones is 1. The molecule has 3 N–H and O–H groups in total. The number of aliphatic carboxylic acids is 1. The van der Waals surface area contributed by atoms with Gasteiger partial charge in [-0.1, -0.05) is 48.9 Å². The predicted octanol–water partition coefficient (Wildman–Crippen LogP) is 6.03. The number of benzene rings is 2. The molecule has 0 heterocycles. The summed E-state index contributed by atoms with van der Waals surface area (Å²) in [5, 5.41) is 29.4. The Morgan fingerprint density at radius 1 is 1.03 bits per heavy atom. The third-order valence-corrected chi connectivity index (χ3v) is 6.66. The number of hydrogen-bond acceptors (Lipinski definition) is 5. The molecule has 6 heteroatoms. The molecule has 178 valence electrons. The number of aliphatic hydroxyl groups is 1. The summed E-state index contributed by atoms with van der Waals surface area (Å²) in [7, 11) is 0. The fraction of sp³-hybridized carbons (Fsp3) is 0.407. The lowest BCUT2D eigenvalue weighted by Gasteiger charge is -2.20. The number of aromatic hydroxyl groups is 1. The van der Waals surface area contributed by atoms with Gasteiger partial charge in [0.15, 0.2) is 5.78 Å². The Morgan fingerprint density at radius 2 is 1.79 bits per heavy atom. The highest BCUT2D eigenvalue weighted by Crippen LogP contribution is 2.32. The van der Waals surface area contributed by atoms with Gasteiger partial charge >= 0.3 is 5.97 Å². The summed E-state index contributed by atoms with van der Waals surface area (Å²) >= 11 is 1.40. The van der Waals surface area contributed by atoms with Crippen molar-refractivity contribution in [3.63, 3.8) is 0 Å². The highest BCUT2D eigenvalue weighted by atomic mass is 32.2. The predicted molar refractivity (Wildman–Crippen MR) is 133 cm³/mol. The minimum atomic E-state index is -0.873. The van der Waals surface area contributed by atoms with Gasteiger partial charge in [-0.15, -0.1) is 11.8 Å². The van der Waals surface area contributed by atoms with Gasteiger partial charge in [-0.3, -0.25) is 9.59 Å². The molecule has 0 amide bonds. The fourth-order valence-corrected chi connectivity index (χ4v) is 4.68. The van der Waals surface area contributed by atoms with Crippen LogP contribution in [0, 0.1) is 0 Å². The summed E-state index contributed by atoms with van der Waals surface area (Å²) in [5.74, 6) is -1.15. The van der Waals surface area contributed by atoms with Gasteiger partial charge in [-0.25, -0.2) is 0 Å². The lowest BCUT2D eigenvalue weighted by Crippen LogP contribution is -2.21. The van der Waals surface area contributed by atoms with Gasteiger partial charge in [-0.05, 0) is 69.2 Å². The molecule has 0 bridgehead atoms. The van der Waals surface area contributed by atoms with Crippen LogP contribution in [0.3, 0.4) is 0 Å². The molecule has 0 radical (unpaired) electrons. The normalized spacial score (nSPS) is 13.2. The van der Waals surface area contributed by atoms with E-state index in [0.29, 0.717) is 12.8 Å². The van der Waals surface area contributed by atoms with Crippen molar-refractivity contribution in [2.75, 3.05) is 0 Å². The molecule has 0 fully saturated rings. The number of carbonyl (C=O) groups excluding carboxylic acids is 1. The van der Waals surface area contributed by atoms with Crippen molar-refractivity contribution in [3.05, 3.63) is 71.8 Å². The fourth-order valence-electron chi connectivity index (χ4n) is 3.56. The topological polar surface area (TPSA) is 94.8 Å². The number of carboxylic acids is 1. The summed E-state index contributed by atoms with van der Waals surface area (Å²) in [6.45, 7) is 1.40. The molecule has 0 aliphatic carbocycles. The lowest BCUT2D eigenvalue weighted by molar-refractivity contribution is -0.137. The molecule has 33 heavy (non-hydrogen) atoms. The Bertz CT molecular complexity index is 910. The van der Waals surface area contributed by atoms with E-state index >= 15 is 0 Å². The SMILES string of the molecule is CC(=O)c1ccc(S[C@@H](/C=C\CCCCCc2ccccc2)[C@H](O)CCCC(=O)O)cc1O. The third kappa shape index (κ3) is 10.3. The van der Waals surface area contributed by atoms with Crippen LogP contribution in [0.1, 0.15) is 67.8 Å². The smallest absolute Gasteiger partial charge is 0.303 e. The van der Waals surface area contributed by atoms with Crippen LogP contribution in [0.15, 0.2) is 65.6 Å². The van der Waals surface area contributed by atoms with E-state index in [9.17, 15) is 19.8 Å². The largest absolute Gasteiger partial charge is 0.507 e. The van der Waals surface area contributed by atoms with Gasteiger partial charge in [0, 0.05) is 11.3 Å². The molecule has 0 aromatic heterocycles. The number of phenols is 1. The third-order valence-electron chi connectivity index (χ3n) is 5.40. The Kier molecular flexibility index (Phi) is 11.8. The molecule has 0 aliphatic rings. The van der Waals surface area contributed by atoms with Crippen molar-refractivity contribution in [2.24, 2.45) is 0 Å². The molecule has 5 nitrogen and oxygen atoms in total. The summed E-state index contributed by atoms with van der Waals surface area (Å²) in [6.07, 6.45) is 9.43. The number of Topliss-reactive ketones (excluding diaryl/α,β-unsaturated/α-hetero) is 1. The number of phenolic OH excluding ortho intramolecular Hbond substituents is 1. The van der Waals surface area contributed by atoms with Crippen molar-refractivity contribution >= 4 is 23.5 Å². The Balaban J connectivity index is 1.90. The van der Waals surface area contributed by atoms with Crippen LogP contribution in [0.5, 0.6) is 5.75 Å². The van der Waals surface area contributed by atoms with Gasteiger partial charge in [-0.2, -0.15) is 0 Å². The average Bonchev–Trinajstić information content (AvgIpc) is 2.77. The molecule has 0 unspecified atom stereocenters. The van der Waals surface area contributed by atoms with Crippen LogP contribution < -0.4 is 0 Å². The Morgan fingerprint density at radius 3 is 2.45 bits per heavy atom. The van der Waals surface area contributed by atoms with E-state index in [1.807, 2.05) is 12.1 Å². The number of unbranched alkanes of at least 4 members (excludes halogenated alkanes) is 3. The summed E-state index contributed by atoms with van der Waals surface area (Å²) in [4.78, 5) is 23.1. The second-order valence-electron chi connectivity index (χ2n) is 8.18. The number of carboxylic acid groups (broad SMARTS) is 1. The van der Waals surface area contributed by atoms with Gasteiger partial charge < -0.3 is 15.3 Å². The Hall–Kier alpha value is -2.57. The quantitative estimate of drug-likeness (QED) is 0.127. The maximum absolute atomic E-state index is 11.5. The number of carbonyl (C=O) groups is 2. The maximum atomic E-state index is 11.5. The van der Waals surface area contributed by atoms with Crippen LogP contribution in [0.4, 0.5) is 0 Å². The van der Waals surface area contributed by atoms with E-state index < -0.39 is 12.1 Å². The number of thioether (sulfide) groups is 1. The molecular formula is C27H34O5S. The average molecular weight is 471 g/mol. The standard InChI is InChI=1S/C27H34O5S/c1-20(28)23-18-17-22(19-25(23)30)33-26(24(29)14-10-16-27(31)32)15-9-4-2-3-6-11-21-12-7-5-8-13-21/h5,7-9,12-13,15,17-19,24,26,29-30H,2-4,6,10-11,14,16H2,1H3,(H,31,32)/b15-9-/t24-,26+/m1/s1. The van der Waals surface area contributed by atoms with Crippen LogP contribution in [0.2, 0.25) is 0 Å². The van der Waals surface area contributed by atoms with E-state index in [-0.39, 0.29) is 28.8 Å². The van der Waals surface area contributed by atoms with Gasteiger partial charge in [0.05, 0.1) is 16.9 Å². The number of aryl methyl sites for hydroxylation is 1. The van der Waals surface area contributed by atoms with Crippen molar-refractivity contribution in [1.82, 2.24) is 0 Å². The molecule has 0 saturated carbocycles. The van der Waals surface area contributed by atoms with Gasteiger partial charge in [0.1, 0.15) is 5.75 Å². The van der Waals surface area contributed by atoms with E-state index in [1.54, 1.807) is 12.1 Å². The zero-order chi connectivity index (χ0) is 24.1. The van der Waals surface area contributed by atoms with E-state index in [1.165, 1.54) is 30.3 Å². The van der Waals surface area contributed by atoms with Crippen molar-refractivity contribution < 1.29 is 24.9 Å². The minimum absolute atomic E-state index is 0.0215. The second kappa shape index (κ2) is 14.6. The highest BCUT2D eigenvalue weighted by Gasteiger charge is 2.19. The molecule has 0 aliphatic heterocycles. The first-order valence-corrected chi connectivity index (χ1v) is 12.4. The maximum Gasteiger partial charge on any atom is 0.303 e. The van der Waals surface area contributed by atoms with Gasteiger partial charge in [0.2, 0.25) is 0 Å². The Labute approximate surface area is 200 Å². The molecular weight excluding hydrogens is 436 g/mol. The zero-order valence-electron chi connectivity index (χ0n) is 19.2. The number of allylic oxidation sites excluding steroid dienone is 1. The first-order valence-electron chi connectivity index (χ1n) is 11.5. The molecule has 2 aromatic carbocycles.